The summed E-state index contributed by atoms with van der Waals surface area (Å²) in [6.45, 7) is 1.82. The minimum absolute atomic E-state index is 0. The number of carbonyl (C=O) groups is 1. The molecule has 0 aliphatic rings. The van der Waals surface area contributed by atoms with Gasteiger partial charge < -0.3 is 5.32 Å². The summed E-state index contributed by atoms with van der Waals surface area (Å²) in [5.41, 5.74) is 0. The molecule has 1 amide bonds. The van der Waals surface area contributed by atoms with Gasteiger partial charge in [-0.05, 0) is 0 Å². The molecule has 0 aliphatic heterocycles. The van der Waals surface area contributed by atoms with Gasteiger partial charge in [-0.15, -0.1) is 0 Å². The van der Waals surface area contributed by atoms with Gasteiger partial charge in [-0.25, -0.2) is 0 Å². The summed E-state index contributed by atoms with van der Waals surface area (Å²) in [5, 5.41) is 2.48. The molecule has 0 aromatic carbocycles. The van der Waals surface area contributed by atoms with Crippen LogP contribution in [0.25, 0.3) is 0 Å². The van der Waals surface area contributed by atoms with Crippen LogP contribution >= 0.6 is 0 Å². The molecule has 0 spiro atoms. The number of rotatable bonds is 1. The fraction of sp³-hybridized carbons (Fsp3) is 0.750. The molecule has 0 heterocycles. The molecule has 0 bridgehead atoms. The van der Waals surface area contributed by atoms with E-state index in [2.05, 4.69) is 5.32 Å². The normalized spacial score (nSPS) is 6.57. The van der Waals surface area contributed by atoms with E-state index in [9.17, 15) is 4.79 Å². The Morgan fingerprint density at radius 3 is 2.14 bits per heavy atom. The molecule has 38 valence electrons. The average Bonchev–Trinajstić information content (AvgIpc) is 1.65. The summed E-state index contributed by atoms with van der Waals surface area (Å²) in [4.78, 5) is 10.1. The molecule has 3 heteroatoms. The van der Waals surface area contributed by atoms with Crippen LogP contribution in [-0.4, -0.2) is 64.3 Å². The van der Waals surface area contributed by atoms with Crippen molar-refractivity contribution in [1.82, 2.24) is 5.32 Å². The fourth-order valence-corrected chi connectivity index (χ4v) is 0.177. The molecule has 1 N–H and O–H groups in total. The minimum atomic E-state index is 0. The molecule has 0 aromatic heterocycles. The standard InChI is InChI=1S/C4H9NO.K.H/c1-3-4(6)5-2;;/h3H2,1-2H3,(H,5,6);;. The molecule has 0 saturated heterocycles. The molecule has 2 nitrogen and oxygen atoms in total. The SMILES string of the molecule is CCC(=O)NC.[KH]. The number of nitrogens with one attached hydrogen (secondary N) is 1. The first-order valence-corrected chi connectivity index (χ1v) is 2.01. The Kier molecular flexibility index (Phi) is 11.1. The zero-order valence-corrected chi connectivity index (χ0v) is 4.12. The van der Waals surface area contributed by atoms with Crippen LogP contribution in [0.3, 0.4) is 0 Å². The summed E-state index contributed by atoms with van der Waals surface area (Å²) >= 11 is 0. The second kappa shape index (κ2) is 7.11. The van der Waals surface area contributed by atoms with Crippen LogP contribution in [0.2, 0.25) is 0 Å². The number of hydrogen-bond acceptors (Lipinski definition) is 1. The topological polar surface area (TPSA) is 29.1 Å². The van der Waals surface area contributed by atoms with E-state index in [0.29, 0.717) is 6.42 Å². The molecule has 0 aromatic rings. The third-order valence-corrected chi connectivity index (χ3v) is 0.600. The van der Waals surface area contributed by atoms with Crippen LogP contribution in [0.4, 0.5) is 0 Å². The number of hydrogen-bond donors (Lipinski definition) is 1. The van der Waals surface area contributed by atoms with E-state index in [1.807, 2.05) is 6.92 Å². The van der Waals surface area contributed by atoms with Crippen molar-refractivity contribution in [2.24, 2.45) is 0 Å². The van der Waals surface area contributed by atoms with E-state index in [1.165, 1.54) is 0 Å². The van der Waals surface area contributed by atoms with Gasteiger partial charge in [0.05, 0.1) is 0 Å². The Balaban J connectivity index is 0. The van der Waals surface area contributed by atoms with Crippen molar-refractivity contribution in [3.63, 3.8) is 0 Å². The van der Waals surface area contributed by atoms with Gasteiger partial charge in [0.2, 0.25) is 5.91 Å². The molecule has 7 heavy (non-hydrogen) atoms. The van der Waals surface area contributed by atoms with Crippen molar-refractivity contribution in [2.75, 3.05) is 7.05 Å². The summed E-state index contributed by atoms with van der Waals surface area (Å²) in [6.07, 6.45) is 0.580. The van der Waals surface area contributed by atoms with Crippen molar-refractivity contribution in [3.05, 3.63) is 0 Å². The summed E-state index contributed by atoms with van der Waals surface area (Å²) < 4.78 is 0. The van der Waals surface area contributed by atoms with E-state index in [-0.39, 0.29) is 57.3 Å². The first kappa shape index (κ1) is 11.0. The molecule has 0 radical (unpaired) electrons. The van der Waals surface area contributed by atoms with Gasteiger partial charge in [-0.1, -0.05) is 6.92 Å². The third kappa shape index (κ3) is 7.11. The maximum atomic E-state index is 10.1. The zero-order valence-electron chi connectivity index (χ0n) is 4.12. The molecule has 0 rings (SSSR count). The molecule has 0 fully saturated rings. The van der Waals surface area contributed by atoms with Crippen molar-refractivity contribution in [1.29, 1.82) is 0 Å². The van der Waals surface area contributed by atoms with Crippen LogP contribution in [0, 0.1) is 0 Å². The summed E-state index contributed by atoms with van der Waals surface area (Å²) in [7, 11) is 1.63. The summed E-state index contributed by atoms with van der Waals surface area (Å²) in [6, 6.07) is 0. The van der Waals surface area contributed by atoms with Crippen LogP contribution in [0.1, 0.15) is 13.3 Å². The van der Waals surface area contributed by atoms with Crippen LogP contribution in [0.15, 0.2) is 0 Å². The quantitative estimate of drug-likeness (QED) is 0.472. The molecular formula is C4H10KNO. The Hall–Kier alpha value is 1.11. The monoisotopic (exact) mass is 127 g/mol. The van der Waals surface area contributed by atoms with Gasteiger partial charge in [0, 0.05) is 13.5 Å². The van der Waals surface area contributed by atoms with Gasteiger partial charge in [0.15, 0.2) is 0 Å². The molecular weight excluding hydrogens is 117 g/mol. The first-order valence-electron chi connectivity index (χ1n) is 2.01. The predicted molar refractivity (Wildman–Crippen MR) is 31.5 cm³/mol. The van der Waals surface area contributed by atoms with E-state index in [1.54, 1.807) is 7.05 Å². The Morgan fingerprint density at radius 2 is 2.14 bits per heavy atom. The van der Waals surface area contributed by atoms with Gasteiger partial charge in [-0.3, -0.25) is 4.79 Å². The van der Waals surface area contributed by atoms with E-state index >= 15 is 0 Å². The van der Waals surface area contributed by atoms with Gasteiger partial charge in [0.25, 0.3) is 0 Å². The average molecular weight is 127 g/mol. The van der Waals surface area contributed by atoms with Crippen LogP contribution in [-0.2, 0) is 4.79 Å². The Labute approximate surface area is 86.5 Å². The van der Waals surface area contributed by atoms with Crippen molar-refractivity contribution < 1.29 is 4.79 Å². The van der Waals surface area contributed by atoms with E-state index < -0.39 is 0 Å². The molecule has 0 aliphatic carbocycles. The first-order chi connectivity index (χ1) is 2.81. The predicted octanol–water partition coefficient (Wildman–Crippen LogP) is -0.506. The van der Waals surface area contributed by atoms with Gasteiger partial charge in [-0.2, -0.15) is 0 Å². The third-order valence-electron chi connectivity index (χ3n) is 0.600. The second-order valence-corrected chi connectivity index (χ2v) is 1.03. The van der Waals surface area contributed by atoms with Crippen molar-refractivity contribution >= 4 is 57.3 Å². The number of carbonyl (C=O) groups excluding carboxylic acids is 1. The van der Waals surface area contributed by atoms with Crippen LogP contribution < -0.4 is 5.32 Å². The van der Waals surface area contributed by atoms with Crippen LogP contribution in [0.5, 0.6) is 0 Å². The zero-order chi connectivity index (χ0) is 4.99. The van der Waals surface area contributed by atoms with E-state index in [4.69, 9.17) is 0 Å². The van der Waals surface area contributed by atoms with Crippen molar-refractivity contribution in [2.45, 2.75) is 13.3 Å². The Morgan fingerprint density at radius 1 is 1.71 bits per heavy atom. The molecule has 0 saturated carbocycles. The summed E-state index contributed by atoms with van der Waals surface area (Å²) in [5.74, 6) is 0.0926. The molecule has 0 atom stereocenters. The van der Waals surface area contributed by atoms with Gasteiger partial charge in [0.1, 0.15) is 0 Å². The second-order valence-electron chi connectivity index (χ2n) is 1.03. The maximum absolute atomic E-state index is 10.1. The Bertz CT molecular complexity index is 49.7. The van der Waals surface area contributed by atoms with E-state index in [0.717, 1.165) is 0 Å². The van der Waals surface area contributed by atoms with Crippen molar-refractivity contribution in [3.8, 4) is 0 Å². The molecule has 0 unspecified atom stereocenters. The fourth-order valence-electron chi connectivity index (χ4n) is 0.177. The van der Waals surface area contributed by atoms with Gasteiger partial charge >= 0.3 is 51.4 Å². The number of amides is 1.